The van der Waals surface area contributed by atoms with Crippen molar-refractivity contribution in [2.45, 2.75) is 20.0 Å². The summed E-state index contributed by atoms with van der Waals surface area (Å²) in [6.07, 6.45) is 4.92. The van der Waals surface area contributed by atoms with E-state index in [-0.39, 0.29) is 12.5 Å². The summed E-state index contributed by atoms with van der Waals surface area (Å²) >= 11 is 5.76. The number of nitrogens with one attached hydrogen (secondary N) is 1. The van der Waals surface area contributed by atoms with Crippen molar-refractivity contribution in [2.24, 2.45) is 0 Å². The molecule has 2 heterocycles. The first kappa shape index (κ1) is 15.3. The zero-order valence-electron chi connectivity index (χ0n) is 12.6. The second-order valence-corrected chi connectivity index (χ2v) is 5.72. The Kier molecular flexibility index (Phi) is 4.43. The first-order valence-corrected chi connectivity index (χ1v) is 7.53. The van der Waals surface area contributed by atoms with Gasteiger partial charge in [0.15, 0.2) is 5.82 Å². The summed E-state index contributed by atoms with van der Waals surface area (Å²) in [5.41, 5.74) is 2.38. The van der Waals surface area contributed by atoms with Crippen molar-refractivity contribution in [3.63, 3.8) is 0 Å². The number of aromatic nitrogens is 4. The van der Waals surface area contributed by atoms with Crippen molar-refractivity contribution in [1.82, 2.24) is 19.6 Å². The SMILES string of the molecule is Cc1ccc(Cn2ccc(NC(=O)Cn3cc(Cl)cn3)n2)cc1. The van der Waals surface area contributed by atoms with Gasteiger partial charge >= 0.3 is 0 Å². The molecule has 0 atom stereocenters. The molecule has 7 heteroatoms. The second kappa shape index (κ2) is 6.66. The maximum Gasteiger partial charge on any atom is 0.247 e. The van der Waals surface area contributed by atoms with Crippen molar-refractivity contribution in [3.8, 4) is 0 Å². The van der Waals surface area contributed by atoms with E-state index in [0.717, 1.165) is 5.56 Å². The Morgan fingerprint density at radius 1 is 1.22 bits per heavy atom. The third-order valence-corrected chi connectivity index (χ3v) is 3.48. The number of rotatable bonds is 5. The lowest BCUT2D eigenvalue weighted by molar-refractivity contribution is -0.116. The summed E-state index contributed by atoms with van der Waals surface area (Å²) in [5, 5.41) is 11.5. The minimum absolute atomic E-state index is 0.0948. The molecule has 0 saturated carbocycles. The van der Waals surface area contributed by atoms with Gasteiger partial charge in [-0.3, -0.25) is 14.2 Å². The molecule has 1 N–H and O–H groups in total. The summed E-state index contributed by atoms with van der Waals surface area (Å²) in [4.78, 5) is 11.9. The minimum atomic E-state index is -0.203. The van der Waals surface area contributed by atoms with Crippen LogP contribution in [0.4, 0.5) is 5.82 Å². The van der Waals surface area contributed by atoms with Gasteiger partial charge in [-0.2, -0.15) is 10.2 Å². The molecule has 0 aliphatic carbocycles. The van der Waals surface area contributed by atoms with Crippen LogP contribution in [-0.4, -0.2) is 25.5 Å². The smallest absolute Gasteiger partial charge is 0.247 e. The van der Waals surface area contributed by atoms with Crippen molar-refractivity contribution < 1.29 is 4.79 Å². The maximum absolute atomic E-state index is 11.9. The fourth-order valence-corrected chi connectivity index (χ4v) is 2.31. The Hall–Kier alpha value is -2.60. The number of aryl methyl sites for hydroxylation is 1. The highest BCUT2D eigenvalue weighted by molar-refractivity contribution is 6.30. The van der Waals surface area contributed by atoms with Gasteiger partial charge in [0.05, 0.1) is 17.8 Å². The van der Waals surface area contributed by atoms with Gasteiger partial charge in [-0.05, 0) is 12.5 Å². The lowest BCUT2D eigenvalue weighted by Gasteiger charge is -2.04. The van der Waals surface area contributed by atoms with Gasteiger partial charge in [0, 0.05) is 18.5 Å². The van der Waals surface area contributed by atoms with Crippen LogP contribution in [0.5, 0.6) is 0 Å². The Balaban J connectivity index is 1.58. The molecule has 0 saturated heterocycles. The van der Waals surface area contributed by atoms with Gasteiger partial charge in [0.1, 0.15) is 6.54 Å². The molecule has 3 rings (SSSR count). The van der Waals surface area contributed by atoms with Crippen molar-refractivity contribution in [2.75, 3.05) is 5.32 Å². The van der Waals surface area contributed by atoms with Crippen LogP contribution in [0.25, 0.3) is 0 Å². The number of amides is 1. The Bertz CT molecular complexity index is 806. The fourth-order valence-electron chi connectivity index (χ4n) is 2.15. The second-order valence-electron chi connectivity index (χ2n) is 5.29. The van der Waals surface area contributed by atoms with Crippen molar-refractivity contribution in [1.29, 1.82) is 0 Å². The van der Waals surface area contributed by atoms with Gasteiger partial charge in [-0.15, -0.1) is 0 Å². The predicted molar refractivity (Wildman–Crippen MR) is 88.4 cm³/mol. The monoisotopic (exact) mass is 329 g/mol. The Labute approximate surface area is 138 Å². The predicted octanol–water partition coefficient (Wildman–Crippen LogP) is 2.73. The molecule has 0 radical (unpaired) electrons. The largest absolute Gasteiger partial charge is 0.308 e. The first-order chi connectivity index (χ1) is 11.1. The molecule has 0 spiro atoms. The Morgan fingerprint density at radius 2 is 2.00 bits per heavy atom. The molecule has 6 nitrogen and oxygen atoms in total. The number of benzene rings is 1. The molecule has 0 bridgehead atoms. The van der Waals surface area contributed by atoms with Crippen LogP contribution in [0.3, 0.4) is 0 Å². The van der Waals surface area contributed by atoms with Gasteiger partial charge in [0.25, 0.3) is 0 Å². The third-order valence-electron chi connectivity index (χ3n) is 3.28. The quantitative estimate of drug-likeness (QED) is 0.782. The summed E-state index contributed by atoms with van der Waals surface area (Å²) in [6, 6.07) is 10.0. The van der Waals surface area contributed by atoms with Gasteiger partial charge in [-0.1, -0.05) is 41.4 Å². The summed E-state index contributed by atoms with van der Waals surface area (Å²) in [7, 11) is 0. The van der Waals surface area contributed by atoms with E-state index in [1.165, 1.54) is 16.4 Å². The number of carbonyl (C=O) groups is 1. The molecular weight excluding hydrogens is 314 g/mol. The molecule has 0 unspecified atom stereocenters. The summed E-state index contributed by atoms with van der Waals surface area (Å²) in [6.45, 7) is 2.81. The highest BCUT2D eigenvalue weighted by atomic mass is 35.5. The van der Waals surface area contributed by atoms with E-state index in [2.05, 4.69) is 46.7 Å². The normalized spacial score (nSPS) is 10.7. The van der Waals surface area contributed by atoms with Crippen LogP contribution in [0.1, 0.15) is 11.1 Å². The number of halogens is 1. The van der Waals surface area contributed by atoms with E-state index in [0.29, 0.717) is 17.4 Å². The van der Waals surface area contributed by atoms with Crippen LogP contribution in [0, 0.1) is 6.92 Å². The molecule has 23 heavy (non-hydrogen) atoms. The van der Waals surface area contributed by atoms with Gasteiger partial charge in [-0.25, -0.2) is 0 Å². The fraction of sp³-hybridized carbons (Fsp3) is 0.188. The molecule has 0 aliphatic rings. The van der Waals surface area contributed by atoms with Crippen LogP contribution in [0.15, 0.2) is 48.9 Å². The molecule has 2 aromatic heterocycles. The van der Waals surface area contributed by atoms with E-state index in [9.17, 15) is 4.79 Å². The van der Waals surface area contributed by atoms with E-state index in [1.807, 2.05) is 6.20 Å². The van der Waals surface area contributed by atoms with Crippen molar-refractivity contribution in [3.05, 3.63) is 65.1 Å². The van der Waals surface area contributed by atoms with Crippen LogP contribution < -0.4 is 5.32 Å². The number of anilines is 1. The molecule has 0 aliphatic heterocycles. The molecule has 118 valence electrons. The number of hydrogen-bond acceptors (Lipinski definition) is 3. The molecule has 3 aromatic rings. The third kappa shape index (κ3) is 4.20. The number of hydrogen-bond donors (Lipinski definition) is 1. The summed E-state index contributed by atoms with van der Waals surface area (Å²) < 4.78 is 3.26. The van der Waals surface area contributed by atoms with Gasteiger partial charge < -0.3 is 5.32 Å². The van der Waals surface area contributed by atoms with Crippen molar-refractivity contribution >= 4 is 23.3 Å². The zero-order valence-corrected chi connectivity index (χ0v) is 13.4. The zero-order chi connectivity index (χ0) is 16.2. The highest BCUT2D eigenvalue weighted by Gasteiger charge is 2.07. The molecular formula is C16H16ClN5O. The van der Waals surface area contributed by atoms with Crippen LogP contribution in [0.2, 0.25) is 5.02 Å². The first-order valence-electron chi connectivity index (χ1n) is 7.15. The Morgan fingerprint density at radius 3 is 2.70 bits per heavy atom. The van der Waals surface area contributed by atoms with E-state index < -0.39 is 0 Å². The van der Waals surface area contributed by atoms with Crippen LogP contribution in [-0.2, 0) is 17.9 Å². The number of carbonyl (C=O) groups excluding carboxylic acids is 1. The van der Waals surface area contributed by atoms with E-state index in [4.69, 9.17) is 11.6 Å². The van der Waals surface area contributed by atoms with Crippen LogP contribution >= 0.6 is 11.6 Å². The lowest BCUT2D eigenvalue weighted by atomic mass is 10.1. The lowest BCUT2D eigenvalue weighted by Crippen LogP contribution is -2.19. The molecule has 0 fully saturated rings. The molecule has 1 aromatic carbocycles. The maximum atomic E-state index is 11.9. The van der Waals surface area contributed by atoms with Gasteiger partial charge in [0.2, 0.25) is 5.91 Å². The summed E-state index contributed by atoms with van der Waals surface area (Å²) in [5.74, 6) is 0.311. The average molecular weight is 330 g/mol. The topological polar surface area (TPSA) is 64.7 Å². The number of nitrogens with zero attached hydrogens (tertiary/aromatic N) is 4. The standard InChI is InChI=1S/C16H16ClN5O/c1-12-2-4-13(5-3-12)9-21-7-6-15(20-21)19-16(23)11-22-10-14(17)8-18-22/h2-8,10H,9,11H2,1H3,(H,19,20,23). The minimum Gasteiger partial charge on any atom is -0.308 e. The molecule has 1 amide bonds. The van der Waals surface area contributed by atoms with E-state index in [1.54, 1.807) is 16.9 Å². The van der Waals surface area contributed by atoms with E-state index >= 15 is 0 Å². The highest BCUT2D eigenvalue weighted by Crippen LogP contribution is 2.09. The average Bonchev–Trinajstić information content (AvgIpc) is 3.11.